The van der Waals surface area contributed by atoms with Gasteiger partial charge in [0.1, 0.15) is 5.65 Å². The van der Waals surface area contributed by atoms with Crippen molar-refractivity contribution >= 4 is 27.5 Å². The summed E-state index contributed by atoms with van der Waals surface area (Å²) in [4.78, 5) is 9.87. The molecule has 0 N–H and O–H groups in total. The fraction of sp³-hybridized carbons (Fsp3) is 0.231. The summed E-state index contributed by atoms with van der Waals surface area (Å²) in [5, 5.41) is 2.28. The minimum atomic E-state index is 0.434. The third-order valence-corrected chi connectivity index (χ3v) is 5.80. The maximum absolute atomic E-state index is 5.18. The van der Waals surface area contributed by atoms with E-state index in [4.69, 9.17) is 4.98 Å². The fourth-order valence-corrected chi connectivity index (χ4v) is 4.40. The van der Waals surface area contributed by atoms with Gasteiger partial charge >= 0.3 is 0 Å². The summed E-state index contributed by atoms with van der Waals surface area (Å²) < 4.78 is 2.21. The smallest absolute Gasteiger partial charge is 0.145 e. The van der Waals surface area contributed by atoms with E-state index in [1.165, 1.54) is 16.7 Å². The number of pyridine rings is 2. The van der Waals surface area contributed by atoms with Crippen LogP contribution in [0.5, 0.6) is 0 Å². The minimum Gasteiger partial charge on any atom is -0.297 e. The van der Waals surface area contributed by atoms with Crippen LogP contribution >= 0.6 is 0 Å². The molecule has 5 rings (SSSR count). The maximum atomic E-state index is 5.18. The van der Waals surface area contributed by atoms with Gasteiger partial charge in [0.05, 0.1) is 16.7 Å². The van der Waals surface area contributed by atoms with E-state index in [1.807, 2.05) is 12.3 Å². The molecule has 3 heteroatoms. The molecule has 0 aliphatic heterocycles. The van der Waals surface area contributed by atoms with E-state index in [0.717, 1.165) is 33.1 Å². The molecule has 0 atom stereocenters. The van der Waals surface area contributed by atoms with Crippen LogP contribution in [0.1, 0.15) is 50.7 Å². The molecule has 0 spiro atoms. The standard InChI is InChI=1S/C26H25N3/c1-16(2)18-11-7-12-19(17(3)4)24(18)22-15-29-23-13-8-14-27-25(23)20-9-5-6-10-21(20)26(29)28-22/h5-17H,1-4H3. The Bertz CT molecular complexity index is 1260. The zero-order chi connectivity index (χ0) is 20.1. The van der Waals surface area contributed by atoms with Gasteiger partial charge in [-0.3, -0.25) is 9.38 Å². The SMILES string of the molecule is CC(C)c1cccc(C(C)C)c1-c1cn2c3cccnc3c3ccccc3c2n1. The molecule has 0 amide bonds. The Morgan fingerprint density at radius 2 is 1.45 bits per heavy atom. The number of fused-ring (bicyclic) bond motifs is 6. The lowest BCUT2D eigenvalue weighted by Crippen LogP contribution is -1.99. The Morgan fingerprint density at radius 3 is 2.14 bits per heavy atom. The van der Waals surface area contributed by atoms with Gasteiger partial charge in [-0.25, -0.2) is 4.98 Å². The Balaban J connectivity index is 1.93. The van der Waals surface area contributed by atoms with Gasteiger partial charge in [-0.2, -0.15) is 0 Å². The van der Waals surface area contributed by atoms with Gasteiger partial charge < -0.3 is 0 Å². The van der Waals surface area contributed by atoms with E-state index in [2.05, 4.69) is 91.8 Å². The van der Waals surface area contributed by atoms with Crippen molar-refractivity contribution in [1.29, 1.82) is 0 Å². The zero-order valence-electron chi connectivity index (χ0n) is 17.3. The molecule has 3 aromatic heterocycles. The average Bonchev–Trinajstić information content (AvgIpc) is 3.19. The Morgan fingerprint density at radius 1 is 0.759 bits per heavy atom. The number of rotatable bonds is 3. The molecule has 0 fully saturated rings. The molecule has 29 heavy (non-hydrogen) atoms. The second kappa shape index (κ2) is 6.70. The molecule has 0 saturated heterocycles. The lowest BCUT2D eigenvalue weighted by molar-refractivity contribution is 0.837. The normalized spacial score (nSPS) is 12.1. The summed E-state index contributed by atoms with van der Waals surface area (Å²) in [5.41, 5.74) is 8.12. The van der Waals surface area contributed by atoms with Crippen LogP contribution < -0.4 is 0 Å². The number of aromatic nitrogens is 3. The van der Waals surface area contributed by atoms with Gasteiger partial charge in [-0.15, -0.1) is 0 Å². The number of imidazole rings is 1. The van der Waals surface area contributed by atoms with E-state index in [-0.39, 0.29) is 0 Å². The topological polar surface area (TPSA) is 30.2 Å². The molecule has 2 aromatic carbocycles. The summed E-state index contributed by atoms with van der Waals surface area (Å²) in [6.45, 7) is 9.03. The highest BCUT2D eigenvalue weighted by atomic mass is 15.0. The van der Waals surface area contributed by atoms with Gasteiger partial charge in [0.15, 0.2) is 0 Å². The highest BCUT2D eigenvalue weighted by Crippen LogP contribution is 2.37. The van der Waals surface area contributed by atoms with Crippen molar-refractivity contribution in [2.75, 3.05) is 0 Å². The van der Waals surface area contributed by atoms with Gasteiger partial charge in [0.25, 0.3) is 0 Å². The van der Waals surface area contributed by atoms with Crippen molar-refractivity contribution in [1.82, 2.24) is 14.4 Å². The van der Waals surface area contributed by atoms with Gasteiger partial charge in [0.2, 0.25) is 0 Å². The molecule has 3 nitrogen and oxygen atoms in total. The molecular formula is C26H25N3. The fourth-order valence-electron chi connectivity index (χ4n) is 4.40. The zero-order valence-corrected chi connectivity index (χ0v) is 17.3. The number of hydrogen-bond acceptors (Lipinski definition) is 2. The van der Waals surface area contributed by atoms with Crippen molar-refractivity contribution in [3.8, 4) is 11.3 Å². The first-order valence-electron chi connectivity index (χ1n) is 10.3. The van der Waals surface area contributed by atoms with Crippen LogP contribution in [0.4, 0.5) is 0 Å². The first-order chi connectivity index (χ1) is 14.1. The summed E-state index contributed by atoms with van der Waals surface area (Å²) in [5.74, 6) is 0.868. The Hall–Kier alpha value is -3.20. The first-order valence-corrected chi connectivity index (χ1v) is 10.3. The van der Waals surface area contributed by atoms with Crippen LogP contribution in [0.2, 0.25) is 0 Å². The molecule has 0 saturated carbocycles. The lowest BCUT2D eigenvalue weighted by Gasteiger charge is -2.18. The second-order valence-corrected chi connectivity index (χ2v) is 8.36. The maximum Gasteiger partial charge on any atom is 0.145 e. The van der Waals surface area contributed by atoms with Gasteiger partial charge in [0, 0.05) is 28.7 Å². The van der Waals surface area contributed by atoms with Gasteiger partial charge in [-0.1, -0.05) is 70.2 Å². The molecule has 5 aromatic rings. The van der Waals surface area contributed by atoms with E-state index >= 15 is 0 Å². The van der Waals surface area contributed by atoms with Crippen LogP contribution in [0.3, 0.4) is 0 Å². The van der Waals surface area contributed by atoms with E-state index in [0.29, 0.717) is 11.8 Å². The summed E-state index contributed by atoms with van der Waals surface area (Å²) >= 11 is 0. The first kappa shape index (κ1) is 17.9. The Kier molecular flexibility index (Phi) is 4.13. The number of benzene rings is 2. The van der Waals surface area contributed by atoms with Crippen LogP contribution in [0, 0.1) is 0 Å². The number of hydrogen-bond donors (Lipinski definition) is 0. The van der Waals surface area contributed by atoms with Crippen LogP contribution in [-0.4, -0.2) is 14.4 Å². The molecule has 0 unspecified atom stereocenters. The predicted molar refractivity (Wildman–Crippen MR) is 122 cm³/mol. The van der Waals surface area contributed by atoms with Crippen molar-refractivity contribution in [3.05, 3.63) is 78.1 Å². The average molecular weight is 380 g/mol. The summed E-state index contributed by atoms with van der Waals surface area (Å²) in [6, 6.07) is 19.2. The number of nitrogens with zero attached hydrogens (tertiary/aromatic N) is 3. The van der Waals surface area contributed by atoms with Crippen LogP contribution in [0.15, 0.2) is 67.0 Å². The van der Waals surface area contributed by atoms with Crippen LogP contribution in [0.25, 0.3) is 38.7 Å². The molecular weight excluding hydrogens is 354 g/mol. The molecule has 144 valence electrons. The lowest BCUT2D eigenvalue weighted by atomic mass is 9.87. The van der Waals surface area contributed by atoms with E-state index in [1.54, 1.807) is 0 Å². The molecule has 3 heterocycles. The van der Waals surface area contributed by atoms with Crippen molar-refractivity contribution in [2.45, 2.75) is 39.5 Å². The molecule has 0 aliphatic carbocycles. The van der Waals surface area contributed by atoms with Crippen molar-refractivity contribution < 1.29 is 0 Å². The molecule has 0 radical (unpaired) electrons. The third-order valence-electron chi connectivity index (χ3n) is 5.80. The molecule has 0 aliphatic rings. The quantitative estimate of drug-likeness (QED) is 0.318. The highest BCUT2D eigenvalue weighted by molar-refractivity contribution is 6.10. The highest BCUT2D eigenvalue weighted by Gasteiger charge is 2.19. The van der Waals surface area contributed by atoms with Gasteiger partial charge in [-0.05, 0) is 35.1 Å². The van der Waals surface area contributed by atoms with Crippen molar-refractivity contribution in [3.63, 3.8) is 0 Å². The summed E-state index contributed by atoms with van der Waals surface area (Å²) in [6.07, 6.45) is 4.06. The Labute approximate surface area is 171 Å². The van der Waals surface area contributed by atoms with E-state index in [9.17, 15) is 0 Å². The predicted octanol–water partition coefficient (Wildman–Crippen LogP) is 6.95. The third kappa shape index (κ3) is 2.72. The van der Waals surface area contributed by atoms with E-state index < -0.39 is 0 Å². The summed E-state index contributed by atoms with van der Waals surface area (Å²) in [7, 11) is 0. The largest absolute Gasteiger partial charge is 0.297 e. The van der Waals surface area contributed by atoms with Crippen molar-refractivity contribution in [2.24, 2.45) is 0 Å². The monoisotopic (exact) mass is 379 g/mol. The minimum absolute atomic E-state index is 0.434. The molecule has 0 bridgehead atoms. The van der Waals surface area contributed by atoms with Crippen LogP contribution in [-0.2, 0) is 0 Å². The second-order valence-electron chi connectivity index (χ2n) is 8.36.